The van der Waals surface area contributed by atoms with E-state index in [0.29, 0.717) is 11.6 Å². The number of carbonyl (C=O) groups excluding carboxylic acids is 1. The quantitative estimate of drug-likeness (QED) is 0.880. The topological polar surface area (TPSA) is 68.0 Å². The zero-order valence-corrected chi connectivity index (χ0v) is 14.4. The minimum absolute atomic E-state index is 0. The lowest BCUT2D eigenvalue weighted by Gasteiger charge is -2.09. The minimum atomic E-state index is 0. The molecule has 0 saturated heterocycles. The average molecular weight is 360 g/mol. The van der Waals surface area contributed by atoms with Crippen LogP contribution in [0.1, 0.15) is 24.3 Å². The van der Waals surface area contributed by atoms with E-state index < -0.39 is 0 Å². The summed E-state index contributed by atoms with van der Waals surface area (Å²) in [7, 11) is 0. The first-order valence-electron chi connectivity index (χ1n) is 7.20. The largest absolute Gasteiger partial charge is 0.355 e. The van der Waals surface area contributed by atoms with Crippen LogP contribution in [0, 0.1) is 5.92 Å². The molecule has 3 N–H and O–H groups in total. The number of nitrogens with one attached hydrogen (secondary N) is 1. The van der Waals surface area contributed by atoms with E-state index in [4.69, 9.17) is 17.3 Å². The van der Waals surface area contributed by atoms with Gasteiger partial charge in [0.15, 0.2) is 0 Å². The van der Waals surface area contributed by atoms with Crippen LogP contribution < -0.4 is 11.1 Å². The van der Waals surface area contributed by atoms with Crippen LogP contribution in [0.2, 0.25) is 5.02 Å². The molecule has 0 aliphatic heterocycles. The predicted octanol–water partition coefficient (Wildman–Crippen LogP) is 3.16. The number of fused-ring (bicyclic) bond motifs is 1. The van der Waals surface area contributed by atoms with Crippen LogP contribution >= 0.6 is 35.3 Å². The fraction of sp³-hybridized carbons (Fsp3) is 0.467. The molecule has 0 bridgehead atoms. The molecule has 120 valence electrons. The normalized spacial score (nSPS) is 20.8. The Morgan fingerprint density at radius 3 is 3.00 bits per heavy atom. The molecule has 3 rings (SSSR count). The van der Waals surface area contributed by atoms with Crippen molar-refractivity contribution in [2.24, 2.45) is 11.7 Å². The van der Waals surface area contributed by atoms with Crippen LogP contribution in [0.25, 0.3) is 10.2 Å². The van der Waals surface area contributed by atoms with Crippen molar-refractivity contribution in [3.8, 4) is 0 Å². The van der Waals surface area contributed by atoms with Crippen molar-refractivity contribution in [3.63, 3.8) is 0 Å². The van der Waals surface area contributed by atoms with Gasteiger partial charge >= 0.3 is 0 Å². The summed E-state index contributed by atoms with van der Waals surface area (Å²) in [5.74, 6) is 0.223. The van der Waals surface area contributed by atoms with E-state index in [1.54, 1.807) is 11.3 Å². The zero-order valence-electron chi connectivity index (χ0n) is 12.0. The molecule has 1 aliphatic rings. The third-order valence-corrected chi connectivity index (χ3v) is 5.21. The second-order valence-corrected chi connectivity index (χ2v) is 7.08. The second-order valence-electron chi connectivity index (χ2n) is 5.53. The van der Waals surface area contributed by atoms with Gasteiger partial charge in [-0.2, -0.15) is 0 Å². The number of amides is 1. The molecule has 22 heavy (non-hydrogen) atoms. The number of aromatic nitrogens is 1. The van der Waals surface area contributed by atoms with Gasteiger partial charge in [0.25, 0.3) is 0 Å². The molecule has 1 amide bonds. The highest BCUT2D eigenvalue weighted by Gasteiger charge is 2.27. The first kappa shape index (κ1) is 17.5. The van der Waals surface area contributed by atoms with Gasteiger partial charge in [0.2, 0.25) is 5.91 Å². The molecular formula is C15H19Cl2N3OS. The number of hydrogen-bond donors (Lipinski definition) is 2. The van der Waals surface area contributed by atoms with Gasteiger partial charge < -0.3 is 11.1 Å². The van der Waals surface area contributed by atoms with Crippen LogP contribution in [0.5, 0.6) is 0 Å². The van der Waals surface area contributed by atoms with Gasteiger partial charge in [-0.15, -0.1) is 23.7 Å². The molecule has 2 unspecified atom stereocenters. The van der Waals surface area contributed by atoms with Crippen molar-refractivity contribution >= 4 is 51.5 Å². The van der Waals surface area contributed by atoms with Crippen LogP contribution in [-0.4, -0.2) is 23.5 Å². The number of nitrogens with two attached hydrogens (primary N) is 1. The molecular weight excluding hydrogens is 341 g/mol. The van der Waals surface area contributed by atoms with E-state index in [2.05, 4.69) is 10.3 Å². The predicted molar refractivity (Wildman–Crippen MR) is 93.9 cm³/mol. The summed E-state index contributed by atoms with van der Waals surface area (Å²) in [6.45, 7) is 0.623. The third kappa shape index (κ3) is 4.10. The summed E-state index contributed by atoms with van der Waals surface area (Å²) in [5.41, 5.74) is 6.77. The highest BCUT2D eigenvalue weighted by Crippen LogP contribution is 2.26. The van der Waals surface area contributed by atoms with Crippen LogP contribution in [-0.2, 0) is 11.2 Å². The van der Waals surface area contributed by atoms with Crippen molar-refractivity contribution in [3.05, 3.63) is 28.2 Å². The lowest BCUT2D eigenvalue weighted by Crippen LogP contribution is -2.31. The maximum absolute atomic E-state index is 12.0. The Morgan fingerprint density at radius 2 is 2.27 bits per heavy atom. The number of hydrogen-bond acceptors (Lipinski definition) is 4. The van der Waals surface area contributed by atoms with Crippen molar-refractivity contribution in [2.45, 2.75) is 31.7 Å². The Kier molecular flexibility index (Phi) is 6.03. The SMILES string of the molecule is Cl.NC1CCC(C(=O)NCCc2nc3cc(Cl)ccc3s2)C1. The lowest BCUT2D eigenvalue weighted by molar-refractivity contribution is -0.124. The number of halogens is 2. The lowest BCUT2D eigenvalue weighted by atomic mass is 10.1. The second kappa shape index (κ2) is 7.59. The smallest absolute Gasteiger partial charge is 0.223 e. The van der Waals surface area contributed by atoms with Gasteiger partial charge in [0.1, 0.15) is 0 Å². The summed E-state index contributed by atoms with van der Waals surface area (Å²) in [5, 5.41) is 4.72. The molecule has 1 saturated carbocycles. The summed E-state index contributed by atoms with van der Waals surface area (Å²) < 4.78 is 1.13. The molecule has 0 radical (unpaired) electrons. The van der Waals surface area contributed by atoms with Gasteiger partial charge in [-0.1, -0.05) is 11.6 Å². The standard InChI is InChI=1S/C15H18ClN3OS.ClH/c16-10-2-4-13-12(8-10)19-14(21-13)5-6-18-15(20)9-1-3-11(17)7-9;/h2,4,8-9,11H,1,3,5-7,17H2,(H,18,20);1H. The van der Waals surface area contributed by atoms with Gasteiger partial charge in [0.05, 0.1) is 15.2 Å². The van der Waals surface area contributed by atoms with Crippen molar-refractivity contribution in [2.75, 3.05) is 6.54 Å². The molecule has 1 heterocycles. The van der Waals surface area contributed by atoms with E-state index in [9.17, 15) is 4.79 Å². The Balaban J connectivity index is 0.00000176. The summed E-state index contributed by atoms with van der Waals surface area (Å²) in [6.07, 6.45) is 3.43. The number of rotatable bonds is 4. The number of nitrogens with zero attached hydrogens (tertiary/aromatic N) is 1. The van der Waals surface area contributed by atoms with E-state index in [1.807, 2.05) is 18.2 Å². The Labute approximate surface area is 144 Å². The first-order valence-corrected chi connectivity index (χ1v) is 8.39. The molecule has 2 aromatic rings. The van der Waals surface area contributed by atoms with E-state index in [1.165, 1.54) is 0 Å². The Bertz CT molecular complexity index is 661. The third-order valence-electron chi connectivity index (χ3n) is 3.88. The fourth-order valence-corrected chi connectivity index (χ4v) is 3.86. The van der Waals surface area contributed by atoms with E-state index >= 15 is 0 Å². The van der Waals surface area contributed by atoms with Crippen molar-refractivity contribution < 1.29 is 4.79 Å². The highest BCUT2D eigenvalue weighted by atomic mass is 35.5. The van der Waals surface area contributed by atoms with Crippen molar-refractivity contribution in [1.29, 1.82) is 0 Å². The van der Waals surface area contributed by atoms with Gasteiger partial charge in [0, 0.05) is 29.9 Å². The molecule has 0 spiro atoms. The Hall–Kier alpha value is -0.880. The zero-order chi connectivity index (χ0) is 14.8. The maximum atomic E-state index is 12.0. The van der Waals surface area contributed by atoms with E-state index in [0.717, 1.165) is 40.9 Å². The number of benzene rings is 1. The summed E-state index contributed by atoms with van der Waals surface area (Å²) in [4.78, 5) is 16.5. The maximum Gasteiger partial charge on any atom is 0.223 e. The van der Waals surface area contributed by atoms with Crippen molar-refractivity contribution in [1.82, 2.24) is 10.3 Å². The molecule has 4 nitrogen and oxygen atoms in total. The van der Waals surface area contributed by atoms with Gasteiger partial charge in [-0.25, -0.2) is 4.98 Å². The number of thiazole rings is 1. The number of carbonyl (C=O) groups is 1. The van der Waals surface area contributed by atoms with Crippen LogP contribution in [0.3, 0.4) is 0 Å². The minimum Gasteiger partial charge on any atom is -0.355 e. The van der Waals surface area contributed by atoms with Crippen LogP contribution in [0.4, 0.5) is 0 Å². The molecule has 1 aliphatic carbocycles. The molecule has 1 aromatic heterocycles. The fourth-order valence-electron chi connectivity index (χ4n) is 2.75. The molecule has 2 atom stereocenters. The summed E-state index contributed by atoms with van der Waals surface area (Å²) >= 11 is 7.60. The first-order chi connectivity index (χ1) is 10.1. The van der Waals surface area contributed by atoms with Gasteiger partial charge in [-0.3, -0.25) is 4.79 Å². The van der Waals surface area contributed by atoms with Crippen LogP contribution in [0.15, 0.2) is 18.2 Å². The highest BCUT2D eigenvalue weighted by molar-refractivity contribution is 7.18. The molecule has 7 heteroatoms. The van der Waals surface area contributed by atoms with E-state index in [-0.39, 0.29) is 30.3 Å². The molecule has 1 fully saturated rings. The average Bonchev–Trinajstić information content (AvgIpc) is 3.04. The summed E-state index contributed by atoms with van der Waals surface area (Å²) in [6, 6.07) is 5.92. The Morgan fingerprint density at radius 1 is 1.45 bits per heavy atom. The molecule has 1 aromatic carbocycles. The monoisotopic (exact) mass is 359 g/mol. The van der Waals surface area contributed by atoms with Gasteiger partial charge in [-0.05, 0) is 37.5 Å².